The van der Waals surface area contributed by atoms with Crippen molar-refractivity contribution < 1.29 is 8.42 Å². The number of sulfonamides is 1. The highest BCUT2D eigenvalue weighted by Gasteiger charge is 2.29. The van der Waals surface area contributed by atoms with Crippen molar-refractivity contribution in [3.05, 3.63) is 35.4 Å². The third kappa shape index (κ3) is 4.31. The van der Waals surface area contributed by atoms with Crippen molar-refractivity contribution in [3.63, 3.8) is 0 Å². The van der Waals surface area contributed by atoms with E-state index in [0.717, 1.165) is 12.0 Å². The van der Waals surface area contributed by atoms with Gasteiger partial charge in [-0.3, -0.25) is 4.90 Å². The Bertz CT molecular complexity index is 641. The van der Waals surface area contributed by atoms with Gasteiger partial charge in [0.1, 0.15) is 6.04 Å². The zero-order valence-corrected chi connectivity index (χ0v) is 14.7. The third-order valence-corrected chi connectivity index (χ3v) is 6.40. The van der Waals surface area contributed by atoms with Crippen LogP contribution < -0.4 is 0 Å². The van der Waals surface area contributed by atoms with E-state index in [2.05, 4.69) is 30.0 Å². The summed E-state index contributed by atoms with van der Waals surface area (Å²) >= 11 is 0. The predicted molar refractivity (Wildman–Crippen MR) is 91.4 cm³/mol. The fraction of sp³-hybridized carbons (Fsp3) is 0.588. The Balaban J connectivity index is 2.03. The van der Waals surface area contributed by atoms with Crippen LogP contribution in [0.5, 0.6) is 0 Å². The molecule has 1 atom stereocenters. The molecule has 1 unspecified atom stereocenters. The standard InChI is InChI=1S/C17H25N3O2S/c1-3-13-23(21,22)20-11-9-19(10-12-20)17(14-18)16-7-5-15(4-2)6-8-16/h5-8,17H,3-4,9-13H2,1-2H3. The second kappa shape index (κ2) is 7.91. The van der Waals surface area contributed by atoms with Crippen molar-refractivity contribution in [2.75, 3.05) is 31.9 Å². The topological polar surface area (TPSA) is 64.4 Å². The average molecular weight is 335 g/mol. The van der Waals surface area contributed by atoms with Crippen LogP contribution in [-0.2, 0) is 16.4 Å². The molecule has 1 aliphatic rings. The molecular weight excluding hydrogens is 310 g/mol. The first-order chi connectivity index (χ1) is 11.0. The molecule has 1 fully saturated rings. The van der Waals surface area contributed by atoms with Gasteiger partial charge in [0.25, 0.3) is 0 Å². The zero-order valence-electron chi connectivity index (χ0n) is 13.9. The molecule has 0 N–H and O–H groups in total. The smallest absolute Gasteiger partial charge is 0.214 e. The monoisotopic (exact) mass is 335 g/mol. The van der Waals surface area contributed by atoms with Crippen LogP contribution in [0.4, 0.5) is 0 Å². The first-order valence-corrected chi connectivity index (χ1v) is 9.83. The molecule has 1 aromatic rings. The lowest BCUT2D eigenvalue weighted by Crippen LogP contribution is -2.49. The molecule has 1 saturated heterocycles. The molecule has 0 radical (unpaired) electrons. The molecule has 2 rings (SSSR count). The van der Waals surface area contributed by atoms with Gasteiger partial charge in [0.2, 0.25) is 10.0 Å². The van der Waals surface area contributed by atoms with E-state index in [9.17, 15) is 13.7 Å². The van der Waals surface area contributed by atoms with E-state index in [4.69, 9.17) is 0 Å². The van der Waals surface area contributed by atoms with Gasteiger partial charge in [0.15, 0.2) is 0 Å². The van der Waals surface area contributed by atoms with Crippen LogP contribution >= 0.6 is 0 Å². The number of piperazine rings is 1. The van der Waals surface area contributed by atoms with Crippen LogP contribution in [0, 0.1) is 11.3 Å². The first-order valence-electron chi connectivity index (χ1n) is 8.22. The number of nitrogens with zero attached hydrogens (tertiary/aromatic N) is 3. The Morgan fingerprint density at radius 2 is 1.74 bits per heavy atom. The van der Waals surface area contributed by atoms with E-state index in [1.165, 1.54) is 5.56 Å². The Labute approximate surface area is 139 Å². The highest BCUT2D eigenvalue weighted by atomic mass is 32.2. The van der Waals surface area contributed by atoms with Crippen molar-refractivity contribution in [3.8, 4) is 6.07 Å². The van der Waals surface area contributed by atoms with Crippen molar-refractivity contribution in [2.45, 2.75) is 32.7 Å². The van der Waals surface area contributed by atoms with Gasteiger partial charge in [-0.05, 0) is 24.0 Å². The van der Waals surface area contributed by atoms with E-state index in [-0.39, 0.29) is 11.8 Å². The van der Waals surface area contributed by atoms with E-state index in [1.807, 2.05) is 19.1 Å². The van der Waals surface area contributed by atoms with Gasteiger partial charge in [-0.15, -0.1) is 0 Å². The van der Waals surface area contributed by atoms with Gasteiger partial charge in [-0.1, -0.05) is 38.1 Å². The highest BCUT2D eigenvalue weighted by molar-refractivity contribution is 7.89. The number of rotatable bonds is 6. The Morgan fingerprint density at radius 3 is 2.22 bits per heavy atom. The van der Waals surface area contributed by atoms with Crippen LogP contribution in [0.2, 0.25) is 0 Å². The molecule has 126 valence electrons. The first kappa shape index (κ1) is 17.9. The quantitative estimate of drug-likeness (QED) is 0.799. The zero-order chi connectivity index (χ0) is 16.9. The summed E-state index contributed by atoms with van der Waals surface area (Å²) in [7, 11) is -3.14. The normalized spacial score (nSPS) is 18.5. The van der Waals surface area contributed by atoms with Gasteiger partial charge in [0, 0.05) is 26.2 Å². The summed E-state index contributed by atoms with van der Waals surface area (Å²) < 4.78 is 25.8. The van der Waals surface area contributed by atoms with Crippen LogP contribution in [0.25, 0.3) is 0 Å². The molecule has 1 aromatic carbocycles. The summed E-state index contributed by atoms with van der Waals surface area (Å²) in [4.78, 5) is 2.07. The van der Waals surface area contributed by atoms with Gasteiger partial charge in [-0.25, -0.2) is 8.42 Å². The SMILES string of the molecule is CCCS(=O)(=O)N1CCN(C(C#N)c2ccc(CC)cc2)CC1. The molecule has 1 aliphatic heterocycles. The maximum atomic E-state index is 12.1. The molecule has 1 heterocycles. The summed E-state index contributed by atoms with van der Waals surface area (Å²) in [5, 5.41) is 9.54. The van der Waals surface area contributed by atoms with Gasteiger partial charge in [0.05, 0.1) is 11.8 Å². The van der Waals surface area contributed by atoms with Gasteiger partial charge in [-0.2, -0.15) is 9.57 Å². The molecule has 0 spiro atoms. The fourth-order valence-electron chi connectivity index (χ4n) is 2.93. The molecule has 0 bridgehead atoms. The minimum absolute atomic E-state index is 0.202. The Morgan fingerprint density at radius 1 is 1.13 bits per heavy atom. The number of hydrogen-bond donors (Lipinski definition) is 0. The van der Waals surface area contributed by atoms with E-state index >= 15 is 0 Å². The minimum Gasteiger partial charge on any atom is -0.282 e. The molecule has 0 saturated carbocycles. The van der Waals surface area contributed by atoms with E-state index < -0.39 is 10.0 Å². The van der Waals surface area contributed by atoms with E-state index in [1.54, 1.807) is 4.31 Å². The lowest BCUT2D eigenvalue weighted by Gasteiger charge is -2.36. The lowest BCUT2D eigenvalue weighted by atomic mass is 10.0. The second-order valence-electron chi connectivity index (χ2n) is 5.88. The number of benzene rings is 1. The summed E-state index contributed by atoms with van der Waals surface area (Å²) in [6, 6.07) is 10.2. The molecule has 0 aliphatic carbocycles. The Kier molecular flexibility index (Phi) is 6.17. The molecule has 0 aromatic heterocycles. The molecule has 6 heteroatoms. The maximum absolute atomic E-state index is 12.1. The molecule has 5 nitrogen and oxygen atoms in total. The summed E-state index contributed by atoms with van der Waals surface area (Å²) in [6.45, 7) is 6.10. The van der Waals surface area contributed by atoms with E-state index in [0.29, 0.717) is 32.6 Å². The Hall–Kier alpha value is -1.42. The third-order valence-electron chi connectivity index (χ3n) is 4.32. The largest absolute Gasteiger partial charge is 0.282 e. The maximum Gasteiger partial charge on any atom is 0.214 e. The molecule has 23 heavy (non-hydrogen) atoms. The van der Waals surface area contributed by atoms with Crippen LogP contribution in [-0.4, -0.2) is 49.6 Å². The molecule has 0 amide bonds. The van der Waals surface area contributed by atoms with Gasteiger partial charge < -0.3 is 0 Å². The predicted octanol–water partition coefficient (Wildman–Crippen LogP) is 2.17. The molecular formula is C17H25N3O2S. The summed E-state index contributed by atoms with van der Waals surface area (Å²) in [5.41, 5.74) is 2.23. The van der Waals surface area contributed by atoms with Gasteiger partial charge >= 0.3 is 0 Å². The van der Waals surface area contributed by atoms with Crippen molar-refractivity contribution in [2.24, 2.45) is 0 Å². The average Bonchev–Trinajstić information content (AvgIpc) is 2.56. The number of hydrogen-bond acceptors (Lipinski definition) is 4. The van der Waals surface area contributed by atoms with Crippen LogP contribution in [0.1, 0.15) is 37.4 Å². The van der Waals surface area contributed by atoms with Crippen LogP contribution in [0.15, 0.2) is 24.3 Å². The highest BCUT2D eigenvalue weighted by Crippen LogP contribution is 2.23. The van der Waals surface area contributed by atoms with Crippen molar-refractivity contribution in [1.29, 1.82) is 5.26 Å². The number of aryl methyl sites for hydroxylation is 1. The van der Waals surface area contributed by atoms with Crippen molar-refractivity contribution >= 4 is 10.0 Å². The summed E-state index contributed by atoms with van der Waals surface area (Å²) in [6.07, 6.45) is 1.61. The second-order valence-corrected chi connectivity index (χ2v) is 7.97. The fourth-order valence-corrected chi connectivity index (χ4v) is 4.42. The number of nitriles is 1. The van der Waals surface area contributed by atoms with Crippen molar-refractivity contribution in [1.82, 2.24) is 9.21 Å². The summed E-state index contributed by atoms with van der Waals surface area (Å²) in [5.74, 6) is 0.202. The van der Waals surface area contributed by atoms with Crippen LogP contribution in [0.3, 0.4) is 0 Å². The lowest BCUT2D eigenvalue weighted by molar-refractivity contribution is 0.162. The minimum atomic E-state index is -3.14.